The summed E-state index contributed by atoms with van der Waals surface area (Å²) in [4.78, 5) is 11.7. The Labute approximate surface area is 108 Å². The fourth-order valence-corrected chi connectivity index (χ4v) is 2.00. The van der Waals surface area contributed by atoms with Crippen molar-refractivity contribution in [2.45, 2.75) is 31.6 Å². The zero-order valence-electron chi connectivity index (χ0n) is 10.2. The molecule has 0 unspecified atom stereocenters. The lowest BCUT2D eigenvalue weighted by Crippen LogP contribution is -2.46. The number of carbonyl (C=O) groups is 1. The van der Waals surface area contributed by atoms with Gasteiger partial charge in [-0.25, -0.2) is 0 Å². The van der Waals surface area contributed by atoms with Gasteiger partial charge in [0.2, 0.25) is 5.91 Å². The molecule has 0 aromatic carbocycles. The molecule has 0 spiro atoms. The molecule has 1 aromatic heterocycles. The van der Waals surface area contributed by atoms with Crippen molar-refractivity contribution >= 4 is 5.91 Å². The Balaban J connectivity index is 1.86. The molecule has 106 valence electrons. The number of nitrogens with one attached hydrogen (secondary N) is 2. The number of hydrogen-bond acceptors (Lipinski definition) is 3. The maximum absolute atomic E-state index is 12.3. The van der Waals surface area contributed by atoms with Crippen LogP contribution in [-0.2, 0) is 17.5 Å². The first kappa shape index (κ1) is 13.9. The summed E-state index contributed by atoms with van der Waals surface area (Å²) in [7, 11) is 0. The maximum Gasteiger partial charge on any atom is 0.435 e. The van der Waals surface area contributed by atoms with Crippen LogP contribution in [0.25, 0.3) is 0 Å². The Bertz CT molecular complexity index is 437. The summed E-state index contributed by atoms with van der Waals surface area (Å²) in [5.74, 6) is -0.328. The van der Waals surface area contributed by atoms with Gasteiger partial charge < -0.3 is 10.6 Å². The number of hydrogen-bond donors (Lipinski definition) is 2. The first-order chi connectivity index (χ1) is 8.95. The summed E-state index contributed by atoms with van der Waals surface area (Å²) in [6.07, 6.45) is -1.47. The number of alkyl halides is 3. The van der Waals surface area contributed by atoms with Crippen LogP contribution in [0.1, 0.15) is 18.5 Å². The molecule has 1 fully saturated rings. The topological polar surface area (TPSA) is 59.0 Å². The van der Waals surface area contributed by atoms with Gasteiger partial charge in [0.15, 0.2) is 5.69 Å². The van der Waals surface area contributed by atoms with Crippen molar-refractivity contribution in [2.75, 3.05) is 13.1 Å². The molecule has 2 rings (SSSR count). The van der Waals surface area contributed by atoms with Crippen LogP contribution < -0.4 is 10.6 Å². The third-order valence-corrected chi connectivity index (χ3v) is 2.90. The van der Waals surface area contributed by atoms with Crippen molar-refractivity contribution in [3.05, 3.63) is 18.0 Å². The highest BCUT2D eigenvalue weighted by Crippen LogP contribution is 2.27. The Morgan fingerprint density at radius 3 is 2.95 bits per heavy atom. The average Bonchev–Trinajstić information content (AvgIpc) is 2.78. The molecule has 0 aliphatic carbocycles. The molecule has 1 aliphatic rings. The monoisotopic (exact) mass is 276 g/mol. The van der Waals surface area contributed by atoms with E-state index >= 15 is 0 Å². The Morgan fingerprint density at radius 2 is 2.37 bits per heavy atom. The lowest BCUT2D eigenvalue weighted by atomic mass is 10.1. The number of rotatable bonds is 3. The van der Waals surface area contributed by atoms with Crippen LogP contribution in [0.4, 0.5) is 13.2 Å². The standard InChI is InChI=1S/C11H15F3N4O/c12-11(13,14)9-3-5-18(17-9)7-10(19)16-8-2-1-4-15-6-8/h3,5,8,15H,1-2,4,6-7H2,(H,16,19)/t8-/m0/s1. The van der Waals surface area contributed by atoms with Crippen molar-refractivity contribution in [1.29, 1.82) is 0 Å². The van der Waals surface area contributed by atoms with E-state index in [0.717, 1.165) is 36.3 Å². The lowest BCUT2D eigenvalue weighted by molar-refractivity contribution is -0.141. The Kier molecular flexibility index (Phi) is 4.08. The Hall–Kier alpha value is -1.57. The molecule has 0 radical (unpaired) electrons. The second-order valence-electron chi connectivity index (χ2n) is 4.51. The van der Waals surface area contributed by atoms with E-state index in [0.29, 0.717) is 6.54 Å². The van der Waals surface area contributed by atoms with E-state index in [-0.39, 0.29) is 18.5 Å². The van der Waals surface area contributed by atoms with Gasteiger partial charge in [0.1, 0.15) is 6.54 Å². The van der Waals surface area contributed by atoms with E-state index < -0.39 is 11.9 Å². The highest BCUT2D eigenvalue weighted by Gasteiger charge is 2.33. The summed E-state index contributed by atoms with van der Waals surface area (Å²) in [6.45, 7) is 1.42. The predicted molar refractivity (Wildman–Crippen MR) is 61.3 cm³/mol. The van der Waals surface area contributed by atoms with Gasteiger partial charge in [-0.05, 0) is 25.5 Å². The predicted octanol–water partition coefficient (Wildman–Crippen LogP) is 0.770. The SMILES string of the molecule is O=C(Cn1ccc(C(F)(F)F)n1)N[C@H]1CCCNC1. The first-order valence-corrected chi connectivity index (χ1v) is 6.06. The summed E-state index contributed by atoms with van der Waals surface area (Å²) < 4.78 is 38.0. The summed E-state index contributed by atoms with van der Waals surface area (Å²) in [5, 5.41) is 9.24. The van der Waals surface area contributed by atoms with Gasteiger partial charge in [-0.15, -0.1) is 0 Å². The number of amides is 1. The molecule has 1 saturated heterocycles. The van der Waals surface area contributed by atoms with Crippen molar-refractivity contribution in [3.63, 3.8) is 0 Å². The largest absolute Gasteiger partial charge is 0.435 e. The molecule has 2 N–H and O–H groups in total. The van der Waals surface area contributed by atoms with Crippen LogP contribution in [0, 0.1) is 0 Å². The van der Waals surface area contributed by atoms with Gasteiger partial charge in [-0.3, -0.25) is 9.48 Å². The fourth-order valence-electron chi connectivity index (χ4n) is 2.00. The van der Waals surface area contributed by atoms with Crippen LogP contribution in [0.5, 0.6) is 0 Å². The van der Waals surface area contributed by atoms with E-state index in [2.05, 4.69) is 15.7 Å². The minimum Gasteiger partial charge on any atom is -0.350 e. The van der Waals surface area contributed by atoms with Gasteiger partial charge in [-0.1, -0.05) is 0 Å². The number of carbonyl (C=O) groups excluding carboxylic acids is 1. The molecular weight excluding hydrogens is 261 g/mol. The van der Waals surface area contributed by atoms with E-state index in [1.165, 1.54) is 0 Å². The van der Waals surface area contributed by atoms with Crippen LogP contribution in [0.15, 0.2) is 12.3 Å². The first-order valence-electron chi connectivity index (χ1n) is 6.06. The normalized spacial score (nSPS) is 20.3. The van der Waals surface area contributed by atoms with Crippen molar-refractivity contribution in [2.24, 2.45) is 0 Å². The fraction of sp³-hybridized carbons (Fsp3) is 0.636. The van der Waals surface area contributed by atoms with E-state index in [4.69, 9.17) is 0 Å². The van der Waals surface area contributed by atoms with Crippen molar-refractivity contribution < 1.29 is 18.0 Å². The van der Waals surface area contributed by atoms with E-state index in [1.807, 2.05) is 0 Å². The van der Waals surface area contributed by atoms with Crippen molar-refractivity contribution in [1.82, 2.24) is 20.4 Å². The number of piperidine rings is 1. The minimum atomic E-state index is -4.48. The molecule has 8 heteroatoms. The lowest BCUT2D eigenvalue weighted by Gasteiger charge is -2.23. The maximum atomic E-state index is 12.3. The second kappa shape index (κ2) is 5.60. The highest BCUT2D eigenvalue weighted by atomic mass is 19.4. The van der Waals surface area contributed by atoms with Gasteiger partial charge >= 0.3 is 6.18 Å². The van der Waals surface area contributed by atoms with Crippen molar-refractivity contribution in [3.8, 4) is 0 Å². The molecule has 19 heavy (non-hydrogen) atoms. The van der Waals surface area contributed by atoms with Gasteiger partial charge in [0.05, 0.1) is 0 Å². The van der Waals surface area contributed by atoms with Gasteiger partial charge in [0, 0.05) is 18.8 Å². The quantitative estimate of drug-likeness (QED) is 0.857. The van der Waals surface area contributed by atoms with E-state index in [1.54, 1.807) is 0 Å². The number of nitrogens with zero attached hydrogens (tertiary/aromatic N) is 2. The molecule has 1 atom stereocenters. The molecule has 1 aliphatic heterocycles. The average molecular weight is 276 g/mol. The van der Waals surface area contributed by atoms with Gasteiger partial charge in [0.25, 0.3) is 0 Å². The molecule has 2 heterocycles. The third kappa shape index (κ3) is 3.95. The summed E-state index contributed by atoms with van der Waals surface area (Å²) in [6, 6.07) is 0.897. The van der Waals surface area contributed by atoms with Crippen LogP contribution in [-0.4, -0.2) is 34.8 Å². The minimum absolute atomic E-state index is 0.0406. The smallest absolute Gasteiger partial charge is 0.350 e. The summed E-state index contributed by atoms with van der Waals surface area (Å²) >= 11 is 0. The Morgan fingerprint density at radius 1 is 1.58 bits per heavy atom. The molecular formula is C11H15F3N4O. The molecule has 1 aromatic rings. The van der Waals surface area contributed by atoms with Crippen LogP contribution in [0.2, 0.25) is 0 Å². The van der Waals surface area contributed by atoms with Crippen LogP contribution in [0.3, 0.4) is 0 Å². The zero-order chi connectivity index (χ0) is 13.9. The highest BCUT2D eigenvalue weighted by molar-refractivity contribution is 5.76. The van der Waals surface area contributed by atoms with Gasteiger partial charge in [-0.2, -0.15) is 18.3 Å². The molecule has 1 amide bonds. The van der Waals surface area contributed by atoms with E-state index in [9.17, 15) is 18.0 Å². The number of halogens is 3. The third-order valence-electron chi connectivity index (χ3n) is 2.90. The second-order valence-corrected chi connectivity index (χ2v) is 4.51. The molecule has 0 bridgehead atoms. The molecule has 0 saturated carbocycles. The zero-order valence-corrected chi connectivity index (χ0v) is 10.2. The number of aromatic nitrogens is 2. The molecule has 5 nitrogen and oxygen atoms in total. The summed E-state index contributed by atoms with van der Waals surface area (Å²) in [5.41, 5.74) is -0.986. The van der Waals surface area contributed by atoms with Crippen LogP contribution >= 0.6 is 0 Å².